The predicted molar refractivity (Wildman–Crippen MR) is 132 cm³/mol. The number of piperidine rings is 1. The zero-order valence-electron chi connectivity index (χ0n) is 20.5. The molecule has 1 aromatic heterocycles. The molecule has 5 rings (SSSR count). The number of nitrogens with one attached hydrogen (secondary N) is 2. The number of aromatic nitrogens is 1. The van der Waals surface area contributed by atoms with E-state index in [-0.39, 0.29) is 12.5 Å². The monoisotopic (exact) mass is 487 g/mol. The van der Waals surface area contributed by atoms with E-state index in [2.05, 4.69) is 39.4 Å². The number of ether oxygens (including phenoxy) is 1. The number of carbonyl (C=O) groups excluding carboxylic acids is 3. The first-order chi connectivity index (χ1) is 17.3. The van der Waals surface area contributed by atoms with Gasteiger partial charge in [0.15, 0.2) is 0 Å². The molecule has 2 N–H and O–H groups in total. The Morgan fingerprint density at radius 1 is 1.17 bits per heavy atom. The smallest absolute Gasteiger partial charge is 0.323 e. The standard InChI is InChI=1S/C27H29N5O4/c1-31-11-8-18(9-12-31)13-21-5-3-19(15-28-21)7-10-27(25(34)29-26(35)30-27)17-32-16-20-4-6-22(36-2)14-23(20)24(32)33/h3-6,14-15,18H,8-9,11-13,16-17H2,1-2H3,(H2,29,30,34,35)/t27-/m1/s1. The molecule has 1 atom stereocenters. The summed E-state index contributed by atoms with van der Waals surface area (Å²) in [6.45, 7) is 2.47. The molecular weight excluding hydrogens is 458 g/mol. The molecule has 36 heavy (non-hydrogen) atoms. The molecule has 4 amide bonds. The summed E-state index contributed by atoms with van der Waals surface area (Å²) >= 11 is 0. The summed E-state index contributed by atoms with van der Waals surface area (Å²) in [6, 6.07) is 8.52. The van der Waals surface area contributed by atoms with Gasteiger partial charge in [0, 0.05) is 29.6 Å². The van der Waals surface area contributed by atoms with Gasteiger partial charge in [0.05, 0.1) is 13.7 Å². The van der Waals surface area contributed by atoms with Crippen LogP contribution in [0.1, 0.15) is 40.0 Å². The first-order valence-electron chi connectivity index (χ1n) is 12.1. The minimum atomic E-state index is -1.55. The van der Waals surface area contributed by atoms with E-state index in [9.17, 15) is 14.4 Å². The summed E-state index contributed by atoms with van der Waals surface area (Å²) in [5.74, 6) is 6.33. The van der Waals surface area contributed by atoms with Crippen molar-refractivity contribution in [3.63, 3.8) is 0 Å². The van der Waals surface area contributed by atoms with Gasteiger partial charge in [-0.15, -0.1) is 0 Å². The lowest BCUT2D eigenvalue weighted by Gasteiger charge is -2.28. The van der Waals surface area contributed by atoms with Crippen molar-refractivity contribution in [3.05, 3.63) is 58.9 Å². The molecular formula is C27H29N5O4. The molecule has 4 heterocycles. The second kappa shape index (κ2) is 9.63. The van der Waals surface area contributed by atoms with E-state index in [1.165, 1.54) is 24.9 Å². The lowest BCUT2D eigenvalue weighted by Crippen LogP contribution is -2.54. The van der Waals surface area contributed by atoms with Crippen LogP contribution in [0.4, 0.5) is 4.79 Å². The Balaban J connectivity index is 1.32. The number of imide groups is 1. The van der Waals surface area contributed by atoms with E-state index in [1.54, 1.807) is 18.3 Å². The number of hydrogen-bond acceptors (Lipinski definition) is 6. The van der Waals surface area contributed by atoms with Crippen molar-refractivity contribution in [2.75, 3.05) is 33.8 Å². The number of benzene rings is 1. The molecule has 0 saturated carbocycles. The van der Waals surface area contributed by atoms with Crippen LogP contribution >= 0.6 is 0 Å². The topological polar surface area (TPSA) is 104 Å². The summed E-state index contributed by atoms with van der Waals surface area (Å²) in [5, 5.41) is 4.90. The van der Waals surface area contributed by atoms with Gasteiger partial charge in [0.1, 0.15) is 5.75 Å². The van der Waals surface area contributed by atoms with Crippen molar-refractivity contribution < 1.29 is 19.1 Å². The number of amides is 4. The molecule has 186 valence electrons. The SMILES string of the molecule is COc1ccc2c(c1)C(=O)N(C[C@@]1(C#Cc3ccc(CC4CCN(C)CC4)nc3)NC(=O)NC1=O)C2. The van der Waals surface area contributed by atoms with Gasteiger partial charge in [-0.25, -0.2) is 4.79 Å². The molecule has 2 fully saturated rings. The van der Waals surface area contributed by atoms with Crippen LogP contribution < -0.4 is 15.4 Å². The number of fused-ring (bicyclic) bond motifs is 1. The molecule has 3 aliphatic heterocycles. The summed E-state index contributed by atoms with van der Waals surface area (Å²) in [4.78, 5) is 46.3. The van der Waals surface area contributed by atoms with Gasteiger partial charge in [-0.05, 0) is 75.1 Å². The first kappa shape index (κ1) is 23.8. The largest absolute Gasteiger partial charge is 0.497 e. The van der Waals surface area contributed by atoms with Crippen LogP contribution in [-0.4, -0.2) is 72.0 Å². The number of pyridine rings is 1. The molecule has 2 aromatic rings. The highest BCUT2D eigenvalue weighted by Gasteiger charge is 2.48. The van der Waals surface area contributed by atoms with Crippen LogP contribution in [-0.2, 0) is 17.8 Å². The van der Waals surface area contributed by atoms with Crippen molar-refractivity contribution in [2.45, 2.75) is 31.3 Å². The maximum atomic E-state index is 13.0. The van der Waals surface area contributed by atoms with Gasteiger partial charge in [0.2, 0.25) is 5.54 Å². The molecule has 0 bridgehead atoms. The third-order valence-corrected chi connectivity index (χ3v) is 7.15. The van der Waals surface area contributed by atoms with Crippen LogP contribution in [0.3, 0.4) is 0 Å². The van der Waals surface area contributed by atoms with E-state index in [4.69, 9.17) is 4.74 Å². The Bertz CT molecular complexity index is 1260. The molecule has 0 radical (unpaired) electrons. The van der Waals surface area contributed by atoms with Crippen molar-refractivity contribution in [3.8, 4) is 17.6 Å². The fourth-order valence-corrected chi connectivity index (χ4v) is 4.97. The molecule has 0 spiro atoms. The van der Waals surface area contributed by atoms with Gasteiger partial charge in [-0.2, -0.15) is 0 Å². The zero-order valence-corrected chi connectivity index (χ0v) is 20.5. The fraction of sp³-hybridized carbons (Fsp3) is 0.407. The minimum absolute atomic E-state index is 0.0744. The van der Waals surface area contributed by atoms with Crippen molar-refractivity contribution >= 4 is 17.8 Å². The van der Waals surface area contributed by atoms with Gasteiger partial charge in [0.25, 0.3) is 11.8 Å². The highest BCUT2D eigenvalue weighted by Crippen LogP contribution is 2.28. The summed E-state index contributed by atoms with van der Waals surface area (Å²) in [6.07, 6.45) is 4.97. The van der Waals surface area contributed by atoms with Gasteiger partial charge in [-0.3, -0.25) is 19.9 Å². The number of rotatable bonds is 5. The predicted octanol–water partition coefficient (Wildman–Crippen LogP) is 1.56. The Morgan fingerprint density at radius 2 is 1.97 bits per heavy atom. The summed E-state index contributed by atoms with van der Waals surface area (Å²) in [7, 11) is 3.69. The number of methoxy groups -OCH3 is 1. The Kier molecular flexibility index (Phi) is 6.37. The third-order valence-electron chi connectivity index (χ3n) is 7.15. The number of likely N-dealkylation sites (tertiary alicyclic amines) is 1. The van der Waals surface area contributed by atoms with E-state index in [0.29, 0.717) is 29.3 Å². The van der Waals surface area contributed by atoms with Crippen molar-refractivity contribution in [1.29, 1.82) is 0 Å². The van der Waals surface area contributed by atoms with Gasteiger partial charge >= 0.3 is 6.03 Å². The summed E-state index contributed by atoms with van der Waals surface area (Å²) in [5.41, 5.74) is 1.46. The van der Waals surface area contributed by atoms with E-state index in [0.717, 1.165) is 30.8 Å². The maximum absolute atomic E-state index is 13.0. The minimum Gasteiger partial charge on any atom is -0.497 e. The average molecular weight is 488 g/mol. The van der Waals surface area contributed by atoms with Crippen molar-refractivity contribution in [2.24, 2.45) is 5.92 Å². The lowest BCUT2D eigenvalue weighted by molar-refractivity contribution is -0.122. The average Bonchev–Trinajstić information content (AvgIpc) is 3.34. The maximum Gasteiger partial charge on any atom is 0.323 e. The Labute approximate surface area is 210 Å². The molecule has 0 unspecified atom stereocenters. The molecule has 3 aliphatic rings. The van der Waals surface area contributed by atoms with Crippen LogP contribution in [0.15, 0.2) is 36.5 Å². The van der Waals surface area contributed by atoms with E-state index < -0.39 is 17.5 Å². The fourth-order valence-electron chi connectivity index (χ4n) is 4.97. The second-order valence-corrected chi connectivity index (χ2v) is 9.74. The molecule has 9 heteroatoms. The van der Waals surface area contributed by atoms with Crippen LogP contribution in [0.25, 0.3) is 0 Å². The van der Waals surface area contributed by atoms with Crippen LogP contribution in [0.5, 0.6) is 5.75 Å². The molecule has 2 saturated heterocycles. The summed E-state index contributed by atoms with van der Waals surface area (Å²) < 4.78 is 5.23. The Hall–Kier alpha value is -3.90. The quantitative estimate of drug-likeness (QED) is 0.490. The first-order valence-corrected chi connectivity index (χ1v) is 12.1. The Morgan fingerprint density at radius 3 is 2.64 bits per heavy atom. The van der Waals surface area contributed by atoms with Gasteiger partial charge < -0.3 is 19.9 Å². The second-order valence-electron chi connectivity index (χ2n) is 9.74. The third kappa shape index (κ3) is 4.77. The molecule has 9 nitrogen and oxygen atoms in total. The number of hydrogen-bond donors (Lipinski definition) is 2. The van der Waals surface area contributed by atoms with Crippen LogP contribution in [0, 0.1) is 17.8 Å². The lowest BCUT2D eigenvalue weighted by atomic mass is 9.92. The molecule has 1 aromatic carbocycles. The number of urea groups is 1. The van der Waals surface area contributed by atoms with E-state index in [1.807, 2.05) is 18.2 Å². The number of carbonyl (C=O) groups is 3. The zero-order chi connectivity index (χ0) is 25.3. The highest BCUT2D eigenvalue weighted by molar-refractivity contribution is 6.10. The number of nitrogens with zero attached hydrogens (tertiary/aromatic N) is 3. The molecule has 0 aliphatic carbocycles. The van der Waals surface area contributed by atoms with Crippen LogP contribution in [0.2, 0.25) is 0 Å². The normalized spacial score (nSPS) is 22.1. The highest BCUT2D eigenvalue weighted by atomic mass is 16.5. The van der Waals surface area contributed by atoms with Gasteiger partial charge in [-0.1, -0.05) is 17.9 Å². The van der Waals surface area contributed by atoms with E-state index >= 15 is 0 Å². The van der Waals surface area contributed by atoms with Crippen molar-refractivity contribution in [1.82, 2.24) is 25.4 Å².